The summed E-state index contributed by atoms with van der Waals surface area (Å²) in [4.78, 5) is 30.9. The van der Waals surface area contributed by atoms with Gasteiger partial charge in [0, 0.05) is 41.0 Å². The average molecular weight is 473 g/mol. The van der Waals surface area contributed by atoms with Crippen molar-refractivity contribution in [3.8, 4) is 34.8 Å². The van der Waals surface area contributed by atoms with Gasteiger partial charge < -0.3 is 34.7 Å². The molecule has 10 heteroatoms. The molecule has 0 amide bonds. The number of rotatable bonds is 2. The number of aromatic hydroxyl groups is 4. The van der Waals surface area contributed by atoms with E-state index in [4.69, 9.17) is 14.3 Å². The van der Waals surface area contributed by atoms with Gasteiger partial charge in [0.15, 0.2) is 5.60 Å². The van der Waals surface area contributed by atoms with Crippen LogP contribution in [0.1, 0.15) is 37.4 Å². The van der Waals surface area contributed by atoms with Crippen molar-refractivity contribution in [3.63, 3.8) is 0 Å². The number of carbonyl (C=O) groups excluding carboxylic acids is 2. The first-order chi connectivity index (χ1) is 16.8. The molecule has 6 rings (SSSR count). The minimum absolute atomic E-state index is 0.000994. The van der Waals surface area contributed by atoms with Gasteiger partial charge in [0.25, 0.3) is 0 Å². The van der Waals surface area contributed by atoms with Gasteiger partial charge in [0.2, 0.25) is 11.8 Å². The lowest BCUT2D eigenvalue weighted by atomic mass is 9.77. The molecule has 0 unspecified atom stereocenters. The van der Waals surface area contributed by atoms with Crippen LogP contribution in [-0.4, -0.2) is 37.1 Å². The molecule has 4 aromatic rings. The first-order valence-electron chi connectivity index (χ1n) is 10.3. The SMILES string of the molecule is O=C(On1c(O)ccc1O)c1ccc2c(c1)C1(OC2=O)c2ccc(O)cc2Oc2cc(O)ccc21. The molecule has 3 aromatic carbocycles. The summed E-state index contributed by atoms with van der Waals surface area (Å²) in [5.74, 6) is -2.34. The van der Waals surface area contributed by atoms with Crippen molar-refractivity contribution < 1.29 is 44.3 Å². The Labute approximate surface area is 196 Å². The number of phenols is 2. The molecule has 0 fully saturated rings. The second-order valence-corrected chi connectivity index (χ2v) is 8.02. The molecule has 3 heterocycles. The summed E-state index contributed by atoms with van der Waals surface area (Å²) in [6.45, 7) is 0. The van der Waals surface area contributed by atoms with Crippen LogP contribution in [0.4, 0.5) is 0 Å². The highest BCUT2D eigenvalue weighted by atomic mass is 16.7. The highest BCUT2D eigenvalue weighted by molar-refractivity contribution is 5.99. The van der Waals surface area contributed by atoms with Crippen LogP contribution in [-0.2, 0) is 10.3 Å². The van der Waals surface area contributed by atoms with Gasteiger partial charge in [-0.05, 0) is 42.5 Å². The molecular formula is C25H15NO9. The zero-order valence-corrected chi connectivity index (χ0v) is 17.6. The standard InChI is InChI=1S/C25H15NO9/c27-13-2-5-16-19(10-13)33-20-11-14(28)3-6-17(20)25(16)18-9-12(1-4-15(18)24(32)34-25)23(31)35-26-21(29)7-8-22(26)30/h1-11,27-30H. The molecule has 0 saturated heterocycles. The summed E-state index contributed by atoms with van der Waals surface area (Å²) in [6.07, 6.45) is 0. The third-order valence-electron chi connectivity index (χ3n) is 5.98. The van der Waals surface area contributed by atoms with Gasteiger partial charge in [-0.3, -0.25) is 0 Å². The summed E-state index contributed by atoms with van der Waals surface area (Å²) in [6, 6.07) is 15.1. The van der Waals surface area contributed by atoms with E-state index in [1.807, 2.05) is 0 Å². The van der Waals surface area contributed by atoms with Gasteiger partial charge in [0.05, 0.1) is 11.1 Å². The van der Waals surface area contributed by atoms with E-state index < -0.39 is 29.3 Å². The maximum absolute atomic E-state index is 13.0. The predicted molar refractivity (Wildman–Crippen MR) is 117 cm³/mol. The molecule has 0 bridgehead atoms. The number of ether oxygens (including phenoxy) is 2. The molecule has 0 atom stereocenters. The first kappa shape index (κ1) is 20.5. The zero-order valence-electron chi connectivity index (χ0n) is 17.6. The van der Waals surface area contributed by atoms with Crippen molar-refractivity contribution in [2.45, 2.75) is 5.60 Å². The van der Waals surface area contributed by atoms with Gasteiger partial charge >= 0.3 is 11.9 Å². The monoisotopic (exact) mass is 473 g/mol. The maximum Gasteiger partial charge on any atom is 0.363 e. The highest BCUT2D eigenvalue weighted by Crippen LogP contribution is 2.57. The lowest BCUT2D eigenvalue weighted by Gasteiger charge is -2.36. The van der Waals surface area contributed by atoms with Crippen LogP contribution in [0.15, 0.2) is 66.7 Å². The van der Waals surface area contributed by atoms with E-state index in [0.29, 0.717) is 21.4 Å². The molecule has 35 heavy (non-hydrogen) atoms. The van der Waals surface area contributed by atoms with Gasteiger partial charge in [0.1, 0.15) is 23.0 Å². The molecule has 0 aliphatic carbocycles. The lowest BCUT2D eigenvalue weighted by Crippen LogP contribution is -2.33. The number of carbonyl (C=O) groups is 2. The molecule has 174 valence electrons. The molecule has 2 aliphatic heterocycles. The number of hydrogen-bond donors (Lipinski definition) is 4. The molecule has 0 radical (unpaired) electrons. The van der Waals surface area contributed by atoms with Crippen molar-refractivity contribution in [1.82, 2.24) is 4.73 Å². The van der Waals surface area contributed by atoms with E-state index in [2.05, 4.69) is 0 Å². The van der Waals surface area contributed by atoms with E-state index in [1.165, 1.54) is 42.5 Å². The van der Waals surface area contributed by atoms with Gasteiger partial charge in [-0.2, -0.15) is 0 Å². The highest BCUT2D eigenvalue weighted by Gasteiger charge is 2.54. The Bertz CT molecular complexity index is 1500. The molecule has 2 aliphatic rings. The zero-order chi connectivity index (χ0) is 24.5. The number of hydrogen-bond acceptors (Lipinski definition) is 9. The maximum atomic E-state index is 13.0. The Morgan fingerprint density at radius 1 is 0.771 bits per heavy atom. The van der Waals surface area contributed by atoms with Crippen molar-refractivity contribution in [3.05, 3.63) is 94.5 Å². The molecule has 4 N–H and O–H groups in total. The van der Waals surface area contributed by atoms with E-state index in [9.17, 15) is 30.0 Å². The topological polar surface area (TPSA) is 148 Å². The van der Waals surface area contributed by atoms with Crippen LogP contribution in [0, 0.1) is 0 Å². The molecule has 1 spiro atoms. The smallest absolute Gasteiger partial charge is 0.363 e. The van der Waals surface area contributed by atoms with E-state index in [1.54, 1.807) is 12.1 Å². The molecular weight excluding hydrogens is 458 g/mol. The number of fused-ring (bicyclic) bond motifs is 6. The van der Waals surface area contributed by atoms with E-state index >= 15 is 0 Å². The largest absolute Gasteiger partial charge is 0.508 e. The normalized spacial score (nSPS) is 14.5. The lowest BCUT2D eigenvalue weighted by molar-refractivity contribution is 0.0224. The molecule has 10 nitrogen and oxygen atoms in total. The van der Waals surface area contributed by atoms with Crippen molar-refractivity contribution >= 4 is 11.9 Å². The average Bonchev–Trinajstić information content (AvgIpc) is 3.30. The second-order valence-electron chi connectivity index (χ2n) is 8.02. The fourth-order valence-corrected chi connectivity index (χ4v) is 4.46. The fraction of sp³-hybridized carbons (Fsp3) is 0.0400. The van der Waals surface area contributed by atoms with Crippen LogP contribution in [0.2, 0.25) is 0 Å². The minimum Gasteiger partial charge on any atom is -0.508 e. The van der Waals surface area contributed by atoms with E-state index in [0.717, 1.165) is 12.1 Å². The van der Waals surface area contributed by atoms with Crippen LogP contribution >= 0.6 is 0 Å². The number of nitrogens with zero attached hydrogens (tertiary/aromatic N) is 1. The first-order valence-corrected chi connectivity index (χ1v) is 10.3. The summed E-state index contributed by atoms with van der Waals surface area (Å²) >= 11 is 0. The Balaban J connectivity index is 1.55. The van der Waals surface area contributed by atoms with Gasteiger partial charge in [-0.15, -0.1) is 4.73 Å². The summed E-state index contributed by atoms with van der Waals surface area (Å²) in [5.41, 5.74) is -0.266. The van der Waals surface area contributed by atoms with Crippen LogP contribution in [0.25, 0.3) is 0 Å². The van der Waals surface area contributed by atoms with E-state index in [-0.39, 0.29) is 34.1 Å². The van der Waals surface area contributed by atoms with Crippen molar-refractivity contribution in [2.75, 3.05) is 0 Å². The second kappa shape index (κ2) is 6.94. The van der Waals surface area contributed by atoms with Gasteiger partial charge in [-0.25, -0.2) is 9.59 Å². The predicted octanol–water partition coefficient (Wildman–Crippen LogP) is 3.15. The third-order valence-corrected chi connectivity index (χ3v) is 5.98. The number of aromatic nitrogens is 1. The van der Waals surface area contributed by atoms with Crippen LogP contribution in [0.3, 0.4) is 0 Å². The Morgan fingerprint density at radius 3 is 1.97 bits per heavy atom. The number of benzene rings is 3. The third kappa shape index (κ3) is 2.83. The minimum atomic E-state index is -1.55. The van der Waals surface area contributed by atoms with Gasteiger partial charge in [-0.1, -0.05) is 0 Å². The quantitative estimate of drug-likeness (QED) is 0.322. The Morgan fingerprint density at radius 2 is 1.37 bits per heavy atom. The van der Waals surface area contributed by atoms with Crippen molar-refractivity contribution in [2.24, 2.45) is 0 Å². The number of esters is 1. The summed E-state index contributed by atoms with van der Waals surface area (Å²) < 4.78 is 12.4. The van der Waals surface area contributed by atoms with Crippen molar-refractivity contribution in [1.29, 1.82) is 0 Å². The number of phenolic OH excluding ortho intramolecular Hbond substituents is 2. The summed E-state index contributed by atoms with van der Waals surface area (Å²) in [7, 11) is 0. The van der Waals surface area contributed by atoms with Crippen LogP contribution < -0.4 is 9.57 Å². The van der Waals surface area contributed by atoms with Crippen LogP contribution in [0.5, 0.6) is 34.8 Å². The Kier molecular flexibility index (Phi) is 4.06. The molecule has 0 saturated carbocycles. The molecule has 1 aromatic heterocycles. The fourth-order valence-electron chi connectivity index (χ4n) is 4.46. The summed E-state index contributed by atoms with van der Waals surface area (Å²) in [5, 5.41) is 39.6. The Hall–Kier alpha value is -5.12.